The molecule has 170 valence electrons. The predicted molar refractivity (Wildman–Crippen MR) is 129 cm³/mol. The summed E-state index contributed by atoms with van der Waals surface area (Å²) in [5.41, 5.74) is 7.53. The highest BCUT2D eigenvalue weighted by molar-refractivity contribution is 6.89. The molecule has 0 amide bonds. The van der Waals surface area contributed by atoms with Crippen molar-refractivity contribution in [3.63, 3.8) is 0 Å². The van der Waals surface area contributed by atoms with E-state index in [0.29, 0.717) is 0 Å². The van der Waals surface area contributed by atoms with E-state index in [2.05, 4.69) is 11.1 Å². The first-order valence-corrected chi connectivity index (χ1v) is 17.6. The Hall–Kier alpha value is -0.146. The molecule has 4 saturated carbocycles. The third-order valence-electron chi connectivity index (χ3n) is 9.24. The lowest BCUT2D eigenvalue weighted by atomic mass is 9.99. The Labute approximate surface area is 186 Å². The van der Waals surface area contributed by atoms with E-state index >= 15 is 8.22 Å². The highest BCUT2D eigenvalue weighted by Crippen LogP contribution is 2.51. The van der Waals surface area contributed by atoms with Crippen molar-refractivity contribution in [3.05, 3.63) is 0 Å². The number of halogens is 2. The molecule has 0 bridgehead atoms. The lowest BCUT2D eigenvalue weighted by Crippen LogP contribution is -2.45. The van der Waals surface area contributed by atoms with Gasteiger partial charge in [-0.2, -0.15) is 0 Å². The van der Waals surface area contributed by atoms with Crippen molar-refractivity contribution in [1.82, 2.24) is 0 Å². The van der Waals surface area contributed by atoms with Crippen LogP contribution in [0.2, 0.25) is 22.2 Å². The molecule has 0 unspecified atom stereocenters. The Kier molecular flexibility index (Phi) is 8.17. The Bertz CT molecular complexity index is 500. The standard InChI is InChI=1S/C26H44F2Si2/c27-29(23-13-5-1-6-14-23,24-15-7-2-8-16-24)21-22-30(28,25-17-9-3-10-18-25)26-19-11-4-12-20-26/h23-26H,1-20H2. The summed E-state index contributed by atoms with van der Waals surface area (Å²) in [4.78, 5) is 0. The molecule has 0 aromatic rings. The smallest absolute Gasteiger partial charge is 0.297 e. The molecule has 0 heterocycles. The van der Waals surface area contributed by atoms with E-state index in [1.54, 1.807) is 0 Å². The van der Waals surface area contributed by atoms with Crippen LogP contribution in [0.5, 0.6) is 0 Å². The second kappa shape index (κ2) is 10.6. The van der Waals surface area contributed by atoms with Gasteiger partial charge < -0.3 is 0 Å². The van der Waals surface area contributed by atoms with Crippen molar-refractivity contribution in [2.75, 3.05) is 0 Å². The van der Waals surface area contributed by atoms with Gasteiger partial charge in [-0.15, -0.1) is 0 Å². The molecular formula is C26H44F2Si2. The summed E-state index contributed by atoms with van der Waals surface area (Å²) in [5, 5.41) is 0. The lowest BCUT2D eigenvalue weighted by Gasteiger charge is -2.40. The molecule has 0 aliphatic heterocycles. The van der Waals surface area contributed by atoms with Crippen molar-refractivity contribution < 1.29 is 8.22 Å². The summed E-state index contributed by atoms with van der Waals surface area (Å²) >= 11 is 0. The zero-order valence-corrected chi connectivity index (χ0v) is 21.2. The molecule has 0 aromatic heterocycles. The minimum atomic E-state index is -3.25. The van der Waals surface area contributed by atoms with Crippen LogP contribution in [0.1, 0.15) is 128 Å². The molecule has 0 atom stereocenters. The molecule has 0 N–H and O–H groups in total. The van der Waals surface area contributed by atoms with Gasteiger partial charge in [0.2, 0.25) is 0 Å². The van der Waals surface area contributed by atoms with E-state index in [9.17, 15) is 0 Å². The maximum Gasteiger partial charge on any atom is 0.328 e. The maximum absolute atomic E-state index is 17.0. The maximum atomic E-state index is 17.0. The number of hydrogen-bond donors (Lipinski definition) is 0. The van der Waals surface area contributed by atoms with Crippen LogP contribution in [0.15, 0.2) is 0 Å². The van der Waals surface area contributed by atoms with E-state index < -0.39 is 16.8 Å². The van der Waals surface area contributed by atoms with Gasteiger partial charge in [0.1, 0.15) is 0 Å². The van der Waals surface area contributed by atoms with Gasteiger partial charge in [-0.1, -0.05) is 88.1 Å². The summed E-state index contributed by atoms with van der Waals surface area (Å²) in [6.07, 6.45) is 22.6. The molecule has 30 heavy (non-hydrogen) atoms. The third kappa shape index (κ3) is 5.08. The average Bonchev–Trinajstić information content (AvgIpc) is 2.84. The fourth-order valence-electron chi connectivity index (χ4n) is 7.36. The molecule has 0 radical (unpaired) electrons. The molecule has 0 nitrogen and oxygen atoms in total. The number of rotatable bonds is 4. The first kappa shape index (κ1) is 23.0. The minimum absolute atomic E-state index is 0.192. The van der Waals surface area contributed by atoms with E-state index in [4.69, 9.17) is 0 Å². The highest BCUT2D eigenvalue weighted by Gasteiger charge is 2.52. The summed E-state index contributed by atoms with van der Waals surface area (Å²) in [7, 11) is -6.50. The van der Waals surface area contributed by atoms with Crippen LogP contribution in [-0.4, -0.2) is 16.8 Å². The number of hydrogen-bond acceptors (Lipinski definition) is 0. The predicted octanol–water partition coefficient (Wildman–Crippen LogP) is 9.24. The molecule has 4 heteroatoms. The molecular weight excluding hydrogens is 406 g/mol. The van der Waals surface area contributed by atoms with Crippen molar-refractivity contribution in [3.8, 4) is 11.1 Å². The normalized spacial score (nSPS) is 26.9. The zero-order valence-electron chi connectivity index (χ0n) is 19.2. The fraction of sp³-hybridized carbons (Fsp3) is 0.923. The highest BCUT2D eigenvalue weighted by atomic mass is 28.4. The van der Waals surface area contributed by atoms with E-state index in [-0.39, 0.29) is 22.2 Å². The Morgan fingerprint density at radius 2 is 0.567 bits per heavy atom. The molecule has 4 aliphatic rings. The monoisotopic (exact) mass is 450 g/mol. The summed E-state index contributed by atoms with van der Waals surface area (Å²) in [6.45, 7) is 0. The van der Waals surface area contributed by atoms with Gasteiger partial charge in [0, 0.05) is 0 Å². The van der Waals surface area contributed by atoms with Crippen molar-refractivity contribution in [2.24, 2.45) is 0 Å². The van der Waals surface area contributed by atoms with E-state index in [0.717, 1.165) is 51.4 Å². The summed E-state index contributed by atoms with van der Waals surface area (Å²) in [6, 6.07) is 0. The van der Waals surface area contributed by atoms with Gasteiger partial charge in [-0.05, 0) is 73.5 Å². The van der Waals surface area contributed by atoms with Gasteiger partial charge in [0.05, 0.1) is 0 Å². The molecule has 4 fully saturated rings. The van der Waals surface area contributed by atoms with Crippen molar-refractivity contribution >= 4 is 16.8 Å². The zero-order chi connectivity index (χ0) is 20.9. The van der Waals surface area contributed by atoms with Crippen LogP contribution < -0.4 is 0 Å². The minimum Gasteiger partial charge on any atom is -0.297 e. The van der Waals surface area contributed by atoms with Crippen LogP contribution in [0, 0.1) is 11.1 Å². The molecule has 4 aliphatic carbocycles. The van der Waals surface area contributed by atoms with Crippen LogP contribution in [0.25, 0.3) is 0 Å². The second-order valence-electron chi connectivity index (χ2n) is 11.1. The molecule has 0 spiro atoms. The van der Waals surface area contributed by atoms with Crippen LogP contribution >= 0.6 is 0 Å². The van der Waals surface area contributed by atoms with Gasteiger partial charge in [0.15, 0.2) is 0 Å². The topological polar surface area (TPSA) is 0 Å². The average molecular weight is 451 g/mol. The first-order chi connectivity index (χ1) is 14.6. The van der Waals surface area contributed by atoms with Crippen LogP contribution in [0.3, 0.4) is 0 Å². The first-order valence-electron chi connectivity index (χ1n) is 13.5. The Balaban J connectivity index is 1.65. The van der Waals surface area contributed by atoms with Gasteiger partial charge >= 0.3 is 16.8 Å². The second-order valence-corrected chi connectivity index (χ2v) is 18.0. The largest absolute Gasteiger partial charge is 0.328 e. The van der Waals surface area contributed by atoms with Gasteiger partial charge in [-0.25, -0.2) is 0 Å². The van der Waals surface area contributed by atoms with E-state index in [1.165, 1.54) is 77.0 Å². The van der Waals surface area contributed by atoms with Crippen LogP contribution in [-0.2, 0) is 0 Å². The van der Waals surface area contributed by atoms with Crippen molar-refractivity contribution in [1.29, 1.82) is 0 Å². The Morgan fingerprint density at radius 3 is 0.767 bits per heavy atom. The summed E-state index contributed by atoms with van der Waals surface area (Å²) in [5.74, 6) is 0. The van der Waals surface area contributed by atoms with Gasteiger partial charge in [-0.3, -0.25) is 8.22 Å². The fourth-order valence-corrected chi connectivity index (χ4v) is 16.0. The van der Waals surface area contributed by atoms with Crippen LogP contribution in [0.4, 0.5) is 8.22 Å². The lowest BCUT2D eigenvalue weighted by molar-refractivity contribution is 0.428. The van der Waals surface area contributed by atoms with Gasteiger partial charge in [0.25, 0.3) is 0 Å². The van der Waals surface area contributed by atoms with Crippen molar-refractivity contribution in [2.45, 2.75) is 151 Å². The quantitative estimate of drug-likeness (QED) is 0.227. The SMILES string of the molecule is F[Si](C#C[Si](F)(C1CCCCC1)C1CCCCC1)(C1CCCCC1)C1CCCCC1. The molecule has 4 rings (SSSR count). The van der Waals surface area contributed by atoms with E-state index in [1.807, 2.05) is 0 Å². The molecule has 0 saturated heterocycles. The third-order valence-corrected chi connectivity index (χ3v) is 17.6. The Morgan fingerprint density at radius 1 is 0.367 bits per heavy atom. The molecule has 0 aromatic carbocycles. The summed E-state index contributed by atoms with van der Waals surface area (Å²) < 4.78 is 34.1.